The van der Waals surface area contributed by atoms with Crippen molar-refractivity contribution in [1.29, 1.82) is 0 Å². The van der Waals surface area contributed by atoms with E-state index >= 15 is 0 Å². The van der Waals surface area contributed by atoms with E-state index in [1.807, 2.05) is 36.4 Å². The molecule has 3 aromatic rings. The summed E-state index contributed by atoms with van der Waals surface area (Å²) in [6.45, 7) is 0.274. The second-order valence-electron chi connectivity index (χ2n) is 4.73. The number of nitrogens with zero attached hydrogens (tertiary/aromatic N) is 2. The van der Waals surface area contributed by atoms with Gasteiger partial charge in [0.2, 0.25) is 0 Å². The summed E-state index contributed by atoms with van der Waals surface area (Å²) in [5.74, 6) is -0.0945. The highest BCUT2D eigenvalue weighted by Gasteiger charge is 2.22. The highest BCUT2D eigenvalue weighted by molar-refractivity contribution is 5.92. The Bertz CT molecular complexity index is 835. The number of fused-ring (bicyclic) bond motifs is 1. The first kappa shape index (κ1) is 13.8. The molecule has 0 aliphatic carbocycles. The predicted octanol–water partition coefficient (Wildman–Crippen LogP) is 3.30. The average Bonchev–Trinajstić information content (AvgIpc) is 2.54. The molecule has 0 aliphatic rings. The van der Waals surface area contributed by atoms with Crippen LogP contribution in [0, 0.1) is 10.1 Å². The van der Waals surface area contributed by atoms with Gasteiger partial charge < -0.3 is 20.6 Å². The van der Waals surface area contributed by atoms with Crippen molar-refractivity contribution < 1.29 is 9.66 Å². The molecule has 0 atom stereocenters. The van der Waals surface area contributed by atoms with Gasteiger partial charge in [-0.1, -0.05) is 42.5 Å². The molecule has 22 heavy (non-hydrogen) atoms. The third-order valence-electron chi connectivity index (χ3n) is 3.26. The fourth-order valence-electron chi connectivity index (χ4n) is 2.21. The van der Waals surface area contributed by atoms with Crippen molar-refractivity contribution in [3.63, 3.8) is 0 Å². The van der Waals surface area contributed by atoms with Gasteiger partial charge in [0, 0.05) is 0 Å². The van der Waals surface area contributed by atoms with E-state index < -0.39 is 4.92 Å². The second-order valence-corrected chi connectivity index (χ2v) is 4.73. The smallest absolute Gasteiger partial charge is 0.391 e. The highest BCUT2D eigenvalue weighted by atomic mass is 16.6. The van der Waals surface area contributed by atoms with Crippen molar-refractivity contribution in [3.05, 3.63) is 70.3 Å². The van der Waals surface area contributed by atoms with E-state index in [2.05, 4.69) is 4.98 Å². The third-order valence-corrected chi connectivity index (χ3v) is 3.26. The molecule has 1 heterocycles. The molecule has 3 rings (SSSR count). The van der Waals surface area contributed by atoms with Crippen LogP contribution in [0.25, 0.3) is 10.9 Å². The molecular formula is C16H13N3O3. The Kier molecular flexibility index (Phi) is 3.57. The molecule has 0 bridgehead atoms. The number of pyridine rings is 1. The summed E-state index contributed by atoms with van der Waals surface area (Å²) >= 11 is 0. The minimum Gasteiger partial charge on any atom is -0.486 e. The lowest BCUT2D eigenvalue weighted by molar-refractivity contribution is -0.388. The molecule has 0 amide bonds. The lowest BCUT2D eigenvalue weighted by Gasteiger charge is -2.11. The van der Waals surface area contributed by atoms with Crippen LogP contribution in [-0.2, 0) is 6.61 Å². The van der Waals surface area contributed by atoms with Crippen molar-refractivity contribution in [3.8, 4) is 5.75 Å². The topological polar surface area (TPSA) is 91.3 Å². The number of nitro groups is 1. The van der Waals surface area contributed by atoms with E-state index in [0.29, 0.717) is 16.7 Å². The number of hydrogen-bond donors (Lipinski definition) is 1. The molecule has 2 aromatic carbocycles. The summed E-state index contributed by atoms with van der Waals surface area (Å²) in [5, 5.41) is 11.8. The molecule has 6 nitrogen and oxygen atoms in total. The minimum atomic E-state index is -0.600. The fourth-order valence-corrected chi connectivity index (χ4v) is 2.21. The monoisotopic (exact) mass is 295 g/mol. The molecule has 2 N–H and O–H groups in total. The maximum Gasteiger partial charge on any atom is 0.391 e. The van der Waals surface area contributed by atoms with Crippen molar-refractivity contribution in [2.45, 2.75) is 6.61 Å². The van der Waals surface area contributed by atoms with Crippen LogP contribution in [0.1, 0.15) is 5.56 Å². The third kappa shape index (κ3) is 2.54. The largest absolute Gasteiger partial charge is 0.486 e. The molecule has 0 unspecified atom stereocenters. The zero-order valence-corrected chi connectivity index (χ0v) is 11.6. The van der Waals surface area contributed by atoms with Gasteiger partial charge >= 0.3 is 5.82 Å². The Morgan fingerprint density at radius 3 is 2.50 bits per heavy atom. The van der Waals surface area contributed by atoms with E-state index in [9.17, 15) is 10.1 Å². The van der Waals surface area contributed by atoms with Crippen LogP contribution in [0.2, 0.25) is 0 Å². The predicted molar refractivity (Wildman–Crippen MR) is 83.6 cm³/mol. The first-order valence-corrected chi connectivity index (χ1v) is 6.66. The highest BCUT2D eigenvalue weighted by Crippen LogP contribution is 2.37. The van der Waals surface area contributed by atoms with Crippen LogP contribution >= 0.6 is 0 Å². The lowest BCUT2D eigenvalue weighted by atomic mass is 10.1. The number of rotatable bonds is 4. The Labute approximate surface area is 126 Å². The van der Waals surface area contributed by atoms with Crippen LogP contribution in [0.3, 0.4) is 0 Å². The molecule has 0 saturated heterocycles. The zero-order chi connectivity index (χ0) is 15.5. The van der Waals surface area contributed by atoms with Gasteiger partial charge in [-0.3, -0.25) is 0 Å². The fraction of sp³-hybridized carbons (Fsp3) is 0.0625. The van der Waals surface area contributed by atoms with Crippen LogP contribution < -0.4 is 10.5 Å². The Morgan fingerprint density at radius 1 is 1.09 bits per heavy atom. The Morgan fingerprint density at radius 2 is 1.77 bits per heavy atom. The van der Waals surface area contributed by atoms with E-state index in [4.69, 9.17) is 10.5 Å². The molecule has 0 saturated carbocycles. The lowest BCUT2D eigenvalue weighted by Crippen LogP contribution is -2.04. The summed E-state index contributed by atoms with van der Waals surface area (Å²) in [6, 6.07) is 16.6. The van der Waals surface area contributed by atoms with Crippen molar-refractivity contribution in [2.24, 2.45) is 0 Å². The molecule has 0 fully saturated rings. The number of anilines is 1. The number of benzene rings is 2. The summed E-state index contributed by atoms with van der Waals surface area (Å²) < 4.78 is 5.76. The zero-order valence-electron chi connectivity index (χ0n) is 11.6. The molecule has 6 heteroatoms. The van der Waals surface area contributed by atoms with E-state index in [1.165, 1.54) is 0 Å². The van der Waals surface area contributed by atoms with Crippen molar-refractivity contribution >= 4 is 22.4 Å². The van der Waals surface area contributed by atoms with Crippen LogP contribution in [-0.4, -0.2) is 9.91 Å². The number of ether oxygens (including phenoxy) is 1. The number of nitrogen functional groups attached to an aromatic ring is 1. The number of aromatic nitrogens is 1. The Balaban J connectivity index is 2.06. The molecule has 110 valence electrons. The quantitative estimate of drug-likeness (QED) is 0.589. The molecule has 1 aromatic heterocycles. The van der Waals surface area contributed by atoms with Gasteiger partial charge in [-0.2, -0.15) is 0 Å². The van der Waals surface area contributed by atoms with Gasteiger partial charge in [0.25, 0.3) is 0 Å². The van der Waals surface area contributed by atoms with Gasteiger partial charge in [0.1, 0.15) is 6.61 Å². The van der Waals surface area contributed by atoms with Gasteiger partial charge in [0.15, 0.2) is 17.0 Å². The van der Waals surface area contributed by atoms with E-state index in [1.54, 1.807) is 18.2 Å². The Hall–Kier alpha value is -3.15. The summed E-state index contributed by atoms with van der Waals surface area (Å²) in [5.41, 5.74) is 7.26. The van der Waals surface area contributed by atoms with Crippen LogP contribution in [0.15, 0.2) is 54.6 Å². The molecule has 0 radical (unpaired) electrons. The van der Waals surface area contributed by atoms with E-state index in [-0.39, 0.29) is 18.1 Å². The number of hydrogen-bond acceptors (Lipinski definition) is 5. The first-order chi connectivity index (χ1) is 10.7. The summed E-state index contributed by atoms with van der Waals surface area (Å²) in [6.07, 6.45) is 0. The number of para-hydroxylation sites is 1. The van der Waals surface area contributed by atoms with Crippen LogP contribution in [0.4, 0.5) is 11.5 Å². The first-order valence-electron chi connectivity index (χ1n) is 6.66. The van der Waals surface area contributed by atoms with Crippen molar-refractivity contribution in [1.82, 2.24) is 4.98 Å². The standard InChI is InChI=1S/C16H13N3O3/c17-14-15(22-10-11-6-2-1-3-7-11)12-8-4-5-9-13(12)18-16(14)19(20)21/h1-9H,10,17H2. The second kappa shape index (κ2) is 5.69. The number of nitrogens with two attached hydrogens (primary N) is 1. The molecular weight excluding hydrogens is 282 g/mol. The van der Waals surface area contributed by atoms with Gasteiger partial charge in [-0.15, -0.1) is 0 Å². The summed E-state index contributed by atoms with van der Waals surface area (Å²) in [7, 11) is 0. The molecule has 0 spiro atoms. The maximum absolute atomic E-state index is 11.1. The van der Waals surface area contributed by atoms with Gasteiger partial charge in [0.05, 0.1) is 5.39 Å². The van der Waals surface area contributed by atoms with E-state index in [0.717, 1.165) is 5.56 Å². The van der Waals surface area contributed by atoms with Crippen LogP contribution in [0.5, 0.6) is 5.75 Å². The SMILES string of the molecule is Nc1c([N+](=O)[O-])nc2ccccc2c1OCc1ccccc1. The average molecular weight is 295 g/mol. The maximum atomic E-state index is 11.1. The van der Waals surface area contributed by atoms with Gasteiger partial charge in [-0.25, -0.2) is 0 Å². The van der Waals surface area contributed by atoms with Crippen molar-refractivity contribution in [2.75, 3.05) is 5.73 Å². The summed E-state index contributed by atoms with van der Waals surface area (Å²) in [4.78, 5) is 14.5. The van der Waals surface area contributed by atoms with Gasteiger partial charge in [-0.05, 0) is 27.6 Å². The molecule has 0 aliphatic heterocycles. The normalized spacial score (nSPS) is 10.5. The minimum absolute atomic E-state index is 0.0559.